The minimum absolute atomic E-state index is 0.115. The Hall–Kier alpha value is -2.68. The molecular formula is C18H16NO2. The van der Waals surface area contributed by atoms with Crippen molar-refractivity contribution in [1.82, 2.24) is 0 Å². The maximum Gasteiger partial charge on any atom is 0.269 e. The summed E-state index contributed by atoms with van der Waals surface area (Å²) < 4.78 is 0. The molecule has 3 heteroatoms. The van der Waals surface area contributed by atoms with Crippen LogP contribution in [0.3, 0.4) is 0 Å². The lowest BCUT2D eigenvalue weighted by molar-refractivity contribution is -0.384. The first-order chi connectivity index (χ1) is 10.3. The molecule has 0 heterocycles. The second-order valence-electron chi connectivity index (χ2n) is 4.49. The van der Waals surface area contributed by atoms with Crippen LogP contribution in [0.4, 0.5) is 5.69 Å². The maximum absolute atomic E-state index is 10.5. The first-order valence-electron chi connectivity index (χ1n) is 6.71. The molecule has 0 aliphatic heterocycles. The van der Waals surface area contributed by atoms with Gasteiger partial charge in [0.1, 0.15) is 0 Å². The molecule has 0 fully saturated rings. The van der Waals surface area contributed by atoms with E-state index in [1.165, 1.54) is 17.7 Å². The van der Waals surface area contributed by atoms with Crippen molar-refractivity contribution in [3.8, 4) is 0 Å². The van der Waals surface area contributed by atoms with Crippen LogP contribution in [-0.4, -0.2) is 4.92 Å². The van der Waals surface area contributed by atoms with E-state index in [0.717, 1.165) is 12.0 Å². The molecule has 2 aromatic rings. The summed E-state index contributed by atoms with van der Waals surface area (Å²) in [6.45, 7) is 0. The summed E-state index contributed by atoms with van der Waals surface area (Å²) in [6, 6.07) is 16.6. The average Bonchev–Trinajstić information content (AvgIpc) is 2.52. The molecule has 0 bridgehead atoms. The van der Waals surface area contributed by atoms with Gasteiger partial charge in [0.25, 0.3) is 5.69 Å². The predicted octanol–water partition coefficient (Wildman–Crippen LogP) is 4.92. The lowest BCUT2D eigenvalue weighted by Crippen LogP contribution is -1.86. The van der Waals surface area contributed by atoms with Crippen LogP contribution in [0, 0.1) is 16.5 Å². The zero-order chi connectivity index (χ0) is 14.9. The molecule has 3 nitrogen and oxygen atoms in total. The second kappa shape index (κ2) is 7.80. The molecule has 21 heavy (non-hydrogen) atoms. The average molecular weight is 278 g/mol. The number of rotatable bonds is 6. The van der Waals surface area contributed by atoms with Crippen molar-refractivity contribution in [3.05, 3.63) is 94.4 Å². The van der Waals surface area contributed by atoms with Crippen LogP contribution in [0.5, 0.6) is 0 Å². The molecule has 105 valence electrons. The van der Waals surface area contributed by atoms with Gasteiger partial charge in [-0.25, -0.2) is 0 Å². The van der Waals surface area contributed by atoms with E-state index in [0.29, 0.717) is 0 Å². The molecule has 0 saturated heterocycles. The second-order valence-corrected chi connectivity index (χ2v) is 4.49. The van der Waals surface area contributed by atoms with Gasteiger partial charge >= 0.3 is 0 Å². The van der Waals surface area contributed by atoms with Gasteiger partial charge in [-0.2, -0.15) is 0 Å². The standard InChI is InChI=1S/C18H16NO2/c20-19(21)18-14-12-17(13-15-18)11-5-2-1-4-8-16-9-6-3-7-10-16/h1,3-15H,2H2. The minimum Gasteiger partial charge on any atom is -0.258 e. The smallest absolute Gasteiger partial charge is 0.258 e. The first-order valence-corrected chi connectivity index (χ1v) is 6.71. The van der Waals surface area contributed by atoms with E-state index in [1.807, 2.05) is 36.4 Å². The van der Waals surface area contributed by atoms with Crippen molar-refractivity contribution in [3.63, 3.8) is 0 Å². The number of hydrogen-bond donors (Lipinski definition) is 0. The zero-order valence-corrected chi connectivity index (χ0v) is 11.6. The Labute approximate surface area is 124 Å². The number of allylic oxidation sites excluding steroid dienone is 2. The van der Waals surface area contributed by atoms with Crippen LogP contribution in [0.25, 0.3) is 12.2 Å². The van der Waals surface area contributed by atoms with Gasteiger partial charge in [0.2, 0.25) is 0 Å². The molecule has 2 rings (SSSR count). The molecule has 0 atom stereocenters. The summed E-state index contributed by atoms with van der Waals surface area (Å²) in [5, 5.41) is 10.5. The molecule has 0 amide bonds. The van der Waals surface area contributed by atoms with E-state index in [-0.39, 0.29) is 5.69 Å². The van der Waals surface area contributed by atoms with E-state index in [9.17, 15) is 10.1 Å². The maximum atomic E-state index is 10.5. The SMILES string of the molecule is O=[N+]([O-])c1ccc(C=CC[CH]C=Cc2ccccc2)cc1. The summed E-state index contributed by atoms with van der Waals surface area (Å²) >= 11 is 0. The highest BCUT2D eigenvalue weighted by Gasteiger charge is 2.01. The number of unbranched alkanes of at least 4 members (excludes halogenated alkanes) is 1. The van der Waals surface area contributed by atoms with Crippen molar-refractivity contribution >= 4 is 17.8 Å². The largest absolute Gasteiger partial charge is 0.269 e. The Morgan fingerprint density at radius 2 is 1.57 bits per heavy atom. The number of nitro groups is 1. The number of benzene rings is 2. The minimum atomic E-state index is -0.393. The third-order valence-corrected chi connectivity index (χ3v) is 2.91. The molecule has 0 aliphatic rings. The van der Waals surface area contributed by atoms with Crippen molar-refractivity contribution in [1.29, 1.82) is 0 Å². The lowest BCUT2D eigenvalue weighted by Gasteiger charge is -1.94. The normalized spacial score (nSPS) is 11.2. The lowest BCUT2D eigenvalue weighted by atomic mass is 10.1. The van der Waals surface area contributed by atoms with Crippen LogP contribution in [-0.2, 0) is 0 Å². The van der Waals surface area contributed by atoms with E-state index >= 15 is 0 Å². The highest BCUT2D eigenvalue weighted by Crippen LogP contribution is 2.13. The van der Waals surface area contributed by atoms with Crippen LogP contribution >= 0.6 is 0 Å². The molecule has 0 aliphatic carbocycles. The van der Waals surface area contributed by atoms with Crippen LogP contribution < -0.4 is 0 Å². The van der Waals surface area contributed by atoms with Gasteiger partial charge in [-0.1, -0.05) is 54.6 Å². The van der Waals surface area contributed by atoms with Gasteiger partial charge in [-0.15, -0.1) is 0 Å². The molecule has 1 radical (unpaired) electrons. The highest BCUT2D eigenvalue weighted by molar-refractivity contribution is 5.53. The first kappa shape index (κ1) is 14.7. The molecule has 0 aromatic heterocycles. The van der Waals surface area contributed by atoms with E-state index in [4.69, 9.17) is 0 Å². The fourth-order valence-electron chi connectivity index (χ4n) is 1.81. The number of non-ortho nitro benzene ring substituents is 1. The Morgan fingerprint density at radius 3 is 2.24 bits per heavy atom. The van der Waals surface area contributed by atoms with Crippen molar-refractivity contribution in [2.75, 3.05) is 0 Å². The third-order valence-electron chi connectivity index (χ3n) is 2.91. The number of nitrogens with zero attached hydrogens (tertiary/aromatic N) is 1. The summed E-state index contributed by atoms with van der Waals surface area (Å²) in [5.74, 6) is 0. The van der Waals surface area contributed by atoms with Gasteiger partial charge in [0.05, 0.1) is 4.92 Å². The Balaban J connectivity index is 1.78. The summed E-state index contributed by atoms with van der Waals surface area (Å²) in [5.41, 5.74) is 2.25. The van der Waals surface area contributed by atoms with Crippen molar-refractivity contribution in [2.45, 2.75) is 6.42 Å². The fourth-order valence-corrected chi connectivity index (χ4v) is 1.81. The monoisotopic (exact) mass is 278 g/mol. The molecule has 0 saturated carbocycles. The van der Waals surface area contributed by atoms with Crippen molar-refractivity contribution in [2.24, 2.45) is 0 Å². The Morgan fingerprint density at radius 1 is 0.905 bits per heavy atom. The van der Waals surface area contributed by atoms with Crippen LogP contribution in [0.2, 0.25) is 0 Å². The molecule has 0 N–H and O–H groups in total. The summed E-state index contributed by atoms with van der Waals surface area (Å²) in [6.07, 6.45) is 10.9. The zero-order valence-electron chi connectivity index (χ0n) is 11.6. The Kier molecular flexibility index (Phi) is 5.47. The summed E-state index contributed by atoms with van der Waals surface area (Å²) in [7, 11) is 0. The quantitative estimate of drug-likeness (QED) is 0.428. The Bertz CT molecular complexity index is 628. The predicted molar refractivity (Wildman–Crippen MR) is 86.5 cm³/mol. The number of nitro benzene ring substituents is 1. The van der Waals surface area contributed by atoms with Crippen LogP contribution in [0.15, 0.2) is 66.7 Å². The van der Waals surface area contributed by atoms with E-state index in [2.05, 4.69) is 24.6 Å². The summed E-state index contributed by atoms with van der Waals surface area (Å²) in [4.78, 5) is 10.1. The van der Waals surface area contributed by atoms with Crippen molar-refractivity contribution < 1.29 is 4.92 Å². The van der Waals surface area contributed by atoms with E-state index in [1.54, 1.807) is 12.1 Å². The van der Waals surface area contributed by atoms with Crippen LogP contribution in [0.1, 0.15) is 17.5 Å². The third kappa shape index (κ3) is 5.07. The topological polar surface area (TPSA) is 43.1 Å². The fraction of sp³-hybridized carbons (Fsp3) is 0.0556. The van der Waals surface area contributed by atoms with Gasteiger partial charge < -0.3 is 0 Å². The van der Waals surface area contributed by atoms with Gasteiger partial charge in [0, 0.05) is 12.1 Å². The molecule has 0 spiro atoms. The van der Waals surface area contributed by atoms with Gasteiger partial charge in [-0.05, 0) is 36.1 Å². The highest BCUT2D eigenvalue weighted by atomic mass is 16.6. The van der Waals surface area contributed by atoms with E-state index < -0.39 is 4.92 Å². The number of hydrogen-bond acceptors (Lipinski definition) is 2. The van der Waals surface area contributed by atoms with Gasteiger partial charge in [-0.3, -0.25) is 10.1 Å². The molecule has 0 unspecified atom stereocenters. The molecule has 2 aromatic carbocycles. The molecular weight excluding hydrogens is 262 g/mol. The van der Waals surface area contributed by atoms with Gasteiger partial charge in [0.15, 0.2) is 0 Å².